The molecule has 1 atom stereocenters. The van der Waals surface area contributed by atoms with E-state index in [1.54, 1.807) is 53.5 Å². The predicted octanol–water partition coefficient (Wildman–Crippen LogP) is 2.82. The number of carbonyl (C=O) groups is 1. The fourth-order valence-electron chi connectivity index (χ4n) is 4.98. The maximum atomic E-state index is 13.2. The van der Waals surface area contributed by atoms with Gasteiger partial charge in [0.1, 0.15) is 22.4 Å². The molecule has 5 rings (SSSR count). The molecule has 8 nitrogen and oxygen atoms in total. The van der Waals surface area contributed by atoms with E-state index in [4.69, 9.17) is 9.47 Å². The van der Waals surface area contributed by atoms with Gasteiger partial charge in [0.15, 0.2) is 0 Å². The van der Waals surface area contributed by atoms with Gasteiger partial charge in [-0.3, -0.25) is 14.2 Å². The number of aliphatic hydroxyl groups excluding tert-OH is 1. The van der Waals surface area contributed by atoms with E-state index in [0.29, 0.717) is 23.6 Å². The number of aromatic nitrogens is 2. The topological polar surface area (TPSA) is 93.9 Å². The summed E-state index contributed by atoms with van der Waals surface area (Å²) in [5, 5.41) is 11.5. The van der Waals surface area contributed by atoms with Gasteiger partial charge in [-0.1, -0.05) is 0 Å². The lowest BCUT2D eigenvalue weighted by atomic mass is 9.95. The Morgan fingerprint density at radius 2 is 1.94 bits per heavy atom. The number of aliphatic hydroxyl groups is 1. The zero-order valence-electron chi connectivity index (χ0n) is 18.8. The zero-order valence-corrected chi connectivity index (χ0v) is 19.6. The van der Waals surface area contributed by atoms with E-state index in [9.17, 15) is 14.7 Å². The lowest BCUT2D eigenvalue weighted by Gasteiger charge is -2.34. The van der Waals surface area contributed by atoms with Gasteiger partial charge in [-0.25, -0.2) is 4.98 Å². The third-order valence-corrected chi connectivity index (χ3v) is 7.85. The van der Waals surface area contributed by atoms with Crippen molar-refractivity contribution in [2.75, 3.05) is 20.8 Å². The molecule has 0 fully saturated rings. The summed E-state index contributed by atoms with van der Waals surface area (Å²) < 4.78 is 12.4. The number of methoxy groups -OCH3 is 2. The van der Waals surface area contributed by atoms with E-state index < -0.39 is 6.10 Å². The smallest absolute Gasteiger partial charge is 0.262 e. The Morgan fingerprint density at radius 3 is 2.73 bits per heavy atom. The molecule has 3 heterocycles. The number of aryl methyl sites for hydroxylation is 3. The van der Waals surface area contributed by atoms with E-state index in [1.807, 2.05) is 0 Å². The van der Waals surface area contributed by atoms with Crippen LogP contribution in [-0.2, 0) is 30.7 Å². The summed E-state index contributed by atoms with van der Waals surface area (Å²) in [5.41, 5.74) is 2.49. The number of carbonyl (C=O) groups excluding carboxylic acids is 1. The number of benzene rings is 1. The number of nitrogens with zero attached hydrogens (tertiary/aromatic N) is 3. The standard InChI is InChI=1S/C24H27N3O5S/c1-31-17-7-8-18(32-2)21-15(17)11-27(12-16(21)28)20(29)9-10-26-13-25-23-22(24(26)30)14-5-3-4-6-19(14)33-23/h7-8,13,16,28H,3-6,9-12H2,1-2H3/t16-/m0/s1. The third-order valence-electron chi connectivity index (χ3n) is 6.65. The number of hydrogen-bond donors (Lipinski definition) is 1. The highest BCUT2D eigenvalue weighted by molar-refractivity contribution is 7.18. The highest BCUT2D eigenvalue weighted by atomic mass is 32.1. The molecule has 0 saturated carbocycles. The van der Waals surface area contributed by atoms with E-state index in [0.717, 1.165) is 47.0 Å². The Bertz CT molecular complexity index is 1280. The van der Waals surface area contributed by atoms with Crippen LogP contribution in [0.2, 0.25) is 0 Å². The van der Waals surface area contributed by atoms with Gasteiger partial charge < -0.3 is 19.5 Å². The van der Waals surface area contributed by atoms with Gasteiger partial charge in [-0.15, -0.1) is 11.3 Å². The van der Waals surface area contributed by atoms with E-state index >= 15 is 0 Å². The minimum atomic E-state index is -0.874. The van der Waals surface area contributed by atoms with E-state index in [-0.39, 0.29) is 31.0 Å². The van der Waals surface area contributed by atoms with Crippen LogP contribution in [0, 0.1) is 0 Å². The van der Waals surface area contributed by atoms with Gasteiger partial charge in [-0.2, -0.15) is 0 Å². The van der Waals surface area contributed by atoms with Crippen LogP contribution in [0.1, 0.15) is 46.9 Å². The lowest BCUT2D eigenvalue weighted by molar-refractivity contribution is -0.134. The van der Waals surface area contributed by atoms with Gasteiger partial charge in [0.25, 0.3) is 5.56 Å². The fourth-order valence-corrected chi connectivity index (χ4v) is 6.20. The van der Waals surface area contributed by atoms with Crippen LogP contribution in [-0.4, -0.2) is 46.2 Å². The molecule has 1 aromatic carbocycles. The van der Waals surface area contributed by atoms with Crippen molar-refractivity contribution in [3.05, 3.63) is 50.4 Å². The van der Waals surface area contributed by atoms with Crippen LogP contribution in [0.25, 0.3) is 10.2 Å². The molecule has 2 aromatic heterocycles. The second-order valence-electron chi connectivity index (χ2n) is 8.54. The Balaban J connectivity index is 1.36. The summed E-state index contributed by atoms with van der Waals surface area (Å²) in [7, 11) is 3.12. The monoisotopic (exact) mass is 469 g/mol. The molecule has 0 spiro atoms. The molecule has 2 aliphatic rings. The highest BCUT2D eigenvalue weighted by Gasteiger charge is 2.32. The molecule has 1 aliphatic carbocycles. The highest BCUT2D eigenvalue weighted by Crippen LogP contribution is 2.39. The zero-order chi connectivity index (χ0) is 23.1. The minimum absolute atomic E-state index is 0.0670. The molecule has 0 radical (unpaired) electrons. The van der Waals surface area contributed by atoms with Crippen molar-refractivity contribution in [3.8, 4) is 11.5 Å². The summed E-state index contributed by atoms with van der Waals surface area (Å²) in [6.45, 7) is 0.731. The Labute approximate surface area is 195 Å². The SMILES string of the molecule is COc1ccc(OC)c2c1CN(C(=O)CCn1cnc3sc4c(c3c1=O)CCCC4)C[C@@H]2O. The van der Waals surface area contributed by atoms with Crippen LogP contribution in [0.4, 0.5) is 0 Å². The predicted molar refractivity (Wildman–Crippen MR) is 125 cm³/mol. The van der Waals surface area contributed by atoms with Crippen molar-refractivity contribution in [1.29, 1.82) is 0 Å². The second-order valence-corrected chi connectivity index (χ2v) is 9.62. The third kappa shape index (κ3) is 3.79. The van der Waals surface area contributed by atoms with Gasteiger partial charge in [0, 0.05) is 35.5 Å². The molecular weight excluding hydrogens is 442 g/mol. The Kier molecular flexibility index (Phi) is 5.84. The molecule has 33 heavy (non-hydrogen) atoms. The quantitative estimate of drug-likeness (QED) is 0.618. The van der Waals surface area contributed by atoms with Gasteiger partial charge >= 0.3 is 0 Å². The molecule has 1 amide bonds. The van der Waals surface area contributed by atoms with Crippen LogP contribution in [0.3, 0.4) is 0 Å². The first-order chi connectivity index (χ1) is 16.0. The number of amides is 1. The van der Waals surface area contributed by atoms with Crippen LogP contribution >= 0.6 is 11.3 Å². The molecule has 0 bridgehead atoms. The largest absolute Gasteiger partial charge is 0.496 e. The van der Waals surface area contributed by atoms with E-state index in [2.05, 4.69) is 4.98 Å². The molecule has 1 aliphatic heterocycles. The number of hydrogen-bond acceptors (Lipinski definition) is 7. The molecule has 0 saturated heterocycles. The van der Waals surface area contributed by atoms with Crippen LogP contribution in [0.15, 0.2) is 23.3 Å². The van der Waals surface area contributed by atoms with Crippen molar-refractivity contribution >= 4 is 27.5 Å². The molecule has 1 N–H and O–H groups in total. The normalized spacial score (nSPS) is 17.5. The summed E-state index contributed by atoms with van der Waals surface area (Å²) in [6.07, 6.45) is 5.01. The number of β-amino-alcohol motifs (C(OH)–C–C–N with tert-alkyl or cyclic N) is 1. The number of thiophene rings is 1. The van der Waals surface area contributed by atoms with Crippen molar-refractivity contribution < 1.29 is 19.4 Å². The first-order valence-electron chi connectivity index (χ1n) is 11.2. The molecule has 9 heteroatoms. The first-order valence-corrected chi connectivity index (χ1v) is 12.0. The minimum Gasteiger partial charge on any atom is -0.496 e. The number of ether oxygens (including phenoxy) is 2. The van der Waals surface area contributed by atoms with Crippen LogP contribution in [0.5, 0.6) is 11.5 Å². The summed E-state index contributed by atoms with van der Waals surface area (Å²) in [4.78, 5) is 34.4. The first kappa shape index (κ1) is 21.9. The van der Waals surface area contributed by atoms with Crippen molar-refractivity contribution in [2.24, 2.45) is 0 Å². The molecular formula is C24H27N3O5S. The fraction of sp³-hybridized carbons (Fsp3) is 0.458. The van der Waals surface area contributed by atoms with Gasteiger partial charge in [0.05, 0.1) is 32.5 Å². The maximum absolute atomic E-state index is 13.2. The van der Waals surface area contributed by atoms with Crippen molar-refractivity contribution in [3.63, 3.8) is 0 Å². The summed E-state index contributed by atoms with van der Waals surface area (Å²) >= 11 is 1.62. The van der Waals surface area contributed by atoms with Crippen molar-refractivity contribution in [1.82, 2.24) is 14.5 Å². The summed E-state index contributed by atoms with van der Waals surface area (Å²) in [5.74, 6) is 1.05. The molecule has 3 aromatic rings. The number of rotatable bonds is 5. The maximum Gasteiger partial charge on any atom is 0.262 e. The summed E-state index contributed by atoms with van der Waals surface area (Å²) in [6, 6.07) is 3.54. The number of fused-ring (bicyclic) bond motifs is 4. The Morgan fingerprint density at radius 1 is 1.18 bits per heavy atom. The average molecular weight is 470 g/mol. The van der Waals surface area contributed by atoms with Gasteiger partial charge in [0.2, 0.25) is 5.91 Å². The molecule has 174 valence electrons. The van der Waals surface area contributed by atoms with Crippen LogP contribution < -0.4 is 15.0 Å². The van der Waals surface area contributed by atoms with E-state index in [1.165, 1.54) is 4.88 Å². The van der Waals surface area contributed by atoms with Crippen molar-refractivity contribution in [2.45, 2.75) is 51.3 Å². The average Bonchev–Trinajstić information content (AvgIpc) is 3.22. The Hall–Kier alpha value is -2.91. The van der Waals surface area contributed by atoms with Gasteiger partial charge in [-0.05, 0) is 43.4 Å². The second kappa shape index (κ2) is 8.79. The molecule has 0 unspecified atom stereocenters. The lowest BCUT2D eigenvalue weighted by Crippen LogP contribution is -2.39.